The molecule has 0 saturated heterocycles. The molecule has 0 aliphatic carbocycles. The van der Waals surface area contributed by atoms with Crippen LogP contribution in [0.25, 0.3) is 0 Å². The van der Waals surface area contributed by atoms with Crippen molar-refractivity contribution in [2.45, 2.75) is 19.0 Å². The third-order valence-corrected chi connectivity index (χ3v) is 3.15. The number of imide groups is 1. The lowest BCUT2D eigenvalue weighted by molar-refractivity contribution is -0.138. The Bertz CT molecular complexity index is 579. The van der Waals surface area contributed by atoms with Crippen molar-refractivity contribution in [1.29, 1.82) is 0 Å². The molecule has 3 amide bonds. The van der Waals surface area contributed by atoms with Gasteiger partial charge in [0, 0.05) is 13.0 Å². The molecule has 0 unspecified atom stereocenters. The molecule has 0 radical (unpaired) electrons. The summed E-state index contributed by atoms with van der Waals surface area (Å²) < 4.78 is 35.8. The molecule has 0 spiro atoms. The van der Waals surface area contributed by atoms with Crippen LogP contribution in [0.15, 0.2) is 24.3 Å². The number of halogens is 3. The summed E-state index contributed by atoms with van der Waals surface area (Å²) in [6.45, 7) is -1.40. The number of alkyl halides is 3. The number of nitrogens with zero attached hydrogens (tertiary/aromatic N) is 1. The minimum absolute atomic E-state index is 0.00815. The van der Waals surface area contributed by atoms with Gasteiger partial charge >= 0.3 is 6.18 Å². The zero-order valence-electron chi connectivity index (χ0n) is 11.4. The first-order valence-corrected chi connectivity index (χ1v) is 6.58. The standard InChI is InChI=1S/C14H13F3N2O3/c15-14(16,17)8-18-11(20)6-3-7-19-12(21)9-4-1-2-5-10(9)13(19)22/h1-2,4-5H,3,6-8H2,(H,18,20). The third kappa shape index (κ3) is 3.63. The van der Waals surface area contributed by atoms with Gasteiger partial charge in [-0.05, 0) is 18.6 Å². The van der Waals surface area contributed by atoms with Gasteiger partial charge < -0.3 is 5.32 Å². The van der Waals surface area contributed by atoms with Crippen LogP contribution in [0.4, 0.5) is 13.2 Å². The van der Waals surface area contributed by atoms with E-state index in [2.05, 4.69) is 0 Å². The van der Waals surface area contributed by atoms with Crippen LogP contribution in [-0.4, -0.2) is 41.9 Å². The predicted octanol–water partition coefficient (Wildman–Crippen LogP) is 1.74. The molecule has 1 aliphatic rings. The second kappa shape index (κ2) is 6.17. The van der Waals surface area contributed by atoms with Gasteiger partial charge in [-0.15, -0.1) is 0 Å². The largest absolute Gasteiger partial charge is 0.405 e. The molecule has 0 atom stereocenters. The monoisotopic (exact) mass is 314 g/mol. The van der Waals surface area contributed by atoms with Gasteiger partial charge in [-0.25, -0.2) is 0 Å². The second-order valence-electron chi connectivity index (χ2n) is 4.80. The quantitative estimate of drug-likeness (QED) is 0.842. The van der Waals surface area contributed by atoms with Gasteiger partial charge in [0.2, 0.25) is 5.91 Å². The third-order valence-electron chi connectivity index (χ3n) is 3.15. The van der Waals surface area contributed by atoms with Gasteiger partial charge in [0.15, 0.2) is 0 Å². The lowest BCUT2D eigenvalue weighted by Crippen LogP contribution is -2.35. The Morgan fingerprint density at radius 3 is 2.14 bits per heavy atom. The van der Waals surface area contributed by atoms with Gasteiger partial charge in [0.25, 0.3) is 11.8 Å². The van der Waals surface area contributed by atoms with Crippen molar-refractivity contribution in [2.75, 3.05) is 13.1 Å². The van der Waals surface area contributed by atoms with Gasteiger partial charge in [0.05, 0.1) is 11.1 Å². The van der Waals surface area contributed by atoms with Crippen LogP contribution in [0, 0.1) is 0 Å². The molecule has 8 heteroatoms. The number of amides is 3. The molecule has 1 aromatic rings. The van der Waals surface area contributed by atoms with Gasteiger partial charge in [0.1, 0.15) is 6.54 Å². The van der Waals surface area contributed by atoms with Crippen LogP contribution in [0.5, 0.6) is 0 Å². The molecular weight excluding hydrogens is 301 g/mol. The van der Waals surface area contributed by atoms with Crippen molar-refractivity contribution >= 4 is 17.7 Å². The highest BCUT2D eigenvalue weighted by Crippen LogP contribution is 2.22. The van der Waals surface area contributed by atoms with Crippen molar-refractivity contribution in [1.82, 2.24) is 10.2 Å². The molecule has 5 nitrogen and oxygen atoms in total. The number of nitrogens with one attached hydrogen (secondary N) is 1. The maximum absolute atomic E-state index is 12.0. The van der Waals surface area contributed by atoms with E-state index in [4.69, 9.17) is 0 Å². The molecule has 2 rings (SSSR count). The molecule has 1 heterocycles. The highest BCUT2D eigenvalue weighted by atomic mass is 19.4. The van der Waals surface area contributed by atoms with Crippen molar-refractivity contribution in [3.63, 3.8) is 0 Å². The summed E-state index contributed by atoms with van der Waals surface area (Å²) >= 11 is 0. The van der Waals surface area contributed by atoms with Crippen molar-refractivity contribution in [3.05, 3.63) is 35.4 Å². The van der Waals surface area contributed by atoms with E-state index < -0.39 is 30.4 Å². The Morgan fingerprint density at radius 2 is 1.64 bits per heavy atom. The van der Waals surface area contributed by atoms with Crippen LogP contribution in [0.3, 0.4) is 0 Å². The Kier molecular flexibility index (Phi) is 4.48. The van der Waals surface area contributed by atoms with Crippen LogP contribution in [-0.2, 0) is 4.79 Å². The van der Waals surface area contributed by atoms with Crippen LogP contribution < -0.4 is 5.32 Å². The molecular formula is C14H13F3N2O3. The smallest absolute Gasteiger partial charge is 0.347 e. The fourth-order valence-electron chi connectivity index (χ4n) is 2.13. The molecule has 0 fully saturated rings. The Hall–Kier alpha value is -2.38. The summed E-state index contributed by atoms with van der Waals surface area (Å²) in [5.41, 5.74) is 0.600. The first-order chi connectivity index (χ1) is 10.3. The van der Waals surface area contributed by atoms with Crippen molar-refractivity contribution in [2.24, 2.45) is 0 Å². The summed E-state index contributed by atoms with van der Waals surface area (Å²) in [6.07, 6.45) is -4.54. The normalized spacial score (nSPS) is 14.2. The number of benzene rings is 1. The molecule has 22 heavy (non-hydrogen) atoms. The molecule has 1 N–H and O–H groups in total. The number of rotatable bonds is 5. The fraction of sp³-hybridized carbons (Fsp3) is 0.357. The Balaban J connectivity index is 1.83. The maximum atomic E-state index is 12.0. The van der Waals surface area contributed by atoms with Crippen molar-refractivity contribution in [3.8, 4) is 0 Å². The second-order valence-corrected chi connectivity index (χ2v) is 4.80. The first kappa shape index (κ1) is 16.0. The topological polar surface area (TPSA) is 66.5 Å². The highest BCUT2D eigenvalue weighted by molar-refractivity contribution is 6.21. The average Bonchev–Trinajstić information content (AvgIpc) is 2.70. The SMILES string of the molecule is O=C(CCCN1C(=O)c2ccccc2C1=O)NCC(F)(F)F. The average molecular weight is 314 g/mol. The lowest BCUT2D eigenvalue weighted by Gasteiger charge is -2.13. The number of carbonyl (C=O) groups excluding carboxylic acids is 3. The van der Waals surface area contributed by atoms with Gasteiger partial charge in [-0.2, -0.15) is 13.2 Å². The maximum Gasteiger partial charge on any atom is 0.405 e. The van der Waals surface area contributed by atoms with Crippen LogP contribution in [0.1, 0.15) is 33.6 Å². The zero-order valence-corrected chi connectivity index (χ0v) is 11.4. The summed E-state index contributed by atoms with van der Waals surface area (Å²) in [7, 11) is 0. The van der Waals surface area contributed by atoms with E-state index in [0.717, 1.165) is 4.90 Å². The lowest BCUT2D eigenvalue weighted by atomic mass is 10.1. The molecule has 0 saturated carbocycles. The number of fused-ring (bicyclic) bond motifs is 1. The molecule has 0 aromatic heterocycles. The fourth-order valence-corrected chi connectivity index (χ4v) is 2.13. The zero-order chi connectivity index (χ0) is 16.3. The first-order valence-electron chi connectivity index (χ1n) is 6.58. The number of carbonyl (C=O) groups is 3. The van der Waals surface area contributed by atoms with E-state index >= 15 is 0 Å². The minimum Gasteiger partial charge on any atom is -0.347 e. The number of hydrogen-bond donors (Lipinski definition) is 1. The summed E-state index contributed by atoms with van der Waals surface area (Å²) in [5, 5.41) is 1.74. The Morgan fingerprint density at radius 1 is 1.09 bits per heavy atom. The summed E-state index contributed by atoms with van der Waals surface area (Å²) in [6, 6.07) is 6.34. The van der Waals surface area contributed by atoms with Crippen molar-refractivity contribution < 1.29 is 27.6 Å². The summed E-state index contributed by atoms with van der Waals surface area (Å²) in [4.78, 5) is 36.2. The minimum atomic E-state index is -4.46. The van der Waals surface area contributed by atoms with Crippen LogP contribution >= 0.6 is 0 Å². The number of hydrogen-bond acceptors (Lipinski definition) is 3. The Labute approximate surface area is 124 Å². The molecule has 1 aromatic carbocycles. The van der Waals surface area contributed by atoms with E-state index in [9.17, 15) is 27.6 Å². The van der Waals surface area contributed by atoms with E-state index in [1.807, 2.05) is 0 Å². The van der Waals surface area contributed by atoms with Gasteiger partial charge in [-0.3, -0.25) is 19.3 Å². The predicted molar refractivity (Wildman–Crippen MR) is 70.1 cm³/mol. The van der Waals surface area contributed by atoms with Crippen LogP contribution in [0.2, 0.25) is 0 Å². The molecule has 118 valence electrons. The highest BCUT2D eigenvalue weighted by Gasteiger charge is 2.34. The van der Waals surface area contributed by atoms with E-state index in [0.29, 0.717) is 11.1 Å². The molecule has 1 aliphatic heterocycles. The van der Waals surface area contributed by atoms with E-state index in [-0.39, 0.29) is 19.4 Å². The summed E-state index contributed by atoms with van der Waals surface area (Å²) in [5.74, 6) is -1.67. The van der Waals surface area contributed by atoms with E-state index in [1.54, 1.807) is 17.4 Å². The van der Waals surface area contributed by atoms with Gasteiger partial charge in [-0.1, -0.05) is 12.1 Å². The van der Waals surface area contributed by atoms with E-state index in [1.165, 1.54) is 12.1 Å². The molecule has 0 bridgehead atoms.